The zero-order valence-corrected chi connectivity index (χ0v) is 10.5. The second kappa shape index (κ2) is 4.78. The third-order valence-electron chi connectivity index (χ3n) is 2.96. The first kappa shape index (κ1) is 11.2. The summed E-state index contributed by atoms with van der Waals surface area (Å²) in [7, 11) is 0. The minimum absolute atomic E-state index is 0.0261. The number of nitrogens with zero attached hydrogens (tertiary/aromatic N) is 1. The Labute approximate surface area is 109 Å². The number of fused-ring (bicyclic) bond motifs is 1. The lowest BCUT2D eigenvalue weighted by Gasteiger charge is -2.18. The molecule has 1 aliphatic heterocycles. The maximum Gasteiger partial charge on any atom is 0.251 e. The van der Waals surface area contributed by atoms with E-state index in [0.29, 0.717) is 5.56 Å². The predicted octanol–water partition coefficient (Wildman–Crippen LogP) is 1.90. The molecule has 1 atom stereocenters. The number of carbonyl (C=O) groups is 1. The maximum absolute atomic E-state index is 12.1. The molecule has 0 saturated heterocycles. The first-order chi connectivity index (χ1) is 8.83. The fraction of sp³-hybridized carbons (Fsp3) is 0.231. The van der Waals surface area contributed by atoms with Gasteiger partial charge < -0.3 is 10.6 Å². The molecule has 0 radical (unpaired) electrons. The lowest BCUT2D eigenvalue weighted by Crippen LogP contribution is -2.37. The van der Waals surface area contributed by atoms with Crippen LogP contribution in [-0.2, 0) is 0 Å². The number of amides is 1. The standard InChI is InChI=1S/C13H13N3OS/c17-13(16-10-3-5-14-6-4-10)9-1-2-11-12(7-9)18-8-15-11/h1-3,5,7-8,10,14H,4,6H2,(H,16,17). The van der Waals surface area contributed by atoms with E-state index in [4.69, 9.17) is 0 Å². The normalized spacial score (nSPS) is 18.6. The van der Waals surface area contributed by atoms with Crippen LogP contribution in [0, 0.1) is 0 Å². The third kappa shape index (κ3) is 2.22. The van der Waals surface area contributed by atoms with Crippen molar-refractivity contribution in [3.63, 3.8) is 0 Å². The number of carbonyl (C=O) groups excluding carboxylic acids is 1. The molecule has 2 N–H and O–H groups in total. The molecule has 1 aromatic heterocycles. The van der Waals surface area contributed by atoms with Gasteiger partial charge in [-0.3, -0.25) is 4.79 Å². The molecular weight excluding hydrogens is 246 g/mol. The summed E-state index contributed by atoms with van der Waals surface area (Å²) in [6.45, 7) is 0.898. The molecule has 1 amide bonds. The highest BCUT2D eigenvalue weighted by Gasteiger charge is 2.13. The van der Waals surface area contributed by atoms with Gasteiger partial charge in [0.05, 0.1) is 21.8 Å². The second-order valence-corrected chi connectivity index (χ2v) is 5.10. The highest BCUT2D eigenvalue weighted by molar-refractivity contribution is 7.16. The van der Waals surface area contributed by atoms with Gasteiger partial charge in [0.1, 0.15) is 0 Å². The summed E-state index contributed by atoms with van der Waals surface area (Å²) in [6.07, 6.45) is 4.79. The van der Waals surface area contributed by atoms with E-state index in [9.17, 15) is 4.79 Å². The van der Waals surface area contributed by atoms with Crippen molar-refractivity contribution in [1.82, 2.24) is 15.6 Å². The zero-order chi connectivity index (χ0) is 12.4. The molecule has 92 valence electrons. The minimum Gasteiger partial charge on any atom is -0.391 e. The Balaban J connectivity index is 1.78. The van der Waals surface area contributed by atoms with Gasteiger partial charge >= 0.3 is 0 Å². The van der Waals surface area contributed by atoms with Gasteiger partial charge in [-0.05, 0) is 36.9 Å². The van der Waals surface area contributed by atoms with E-state index in [1.165, 1.54) is 0 Å². The lowest BCUT2D eigenvalue weighted by atomic mass is 10.1. The van der Waals surface area contributed by atoms with Gasteiger partial charge in [0, 0.05) is 12.1 Å². The van der Waals surface area contributed by atoms with Gasteiger partial charge in [0.2, 0.25) is 0 Å². The van der Waals surface area contributed by atoms with Crippen molar-refractivity contribution < 1.29 is 4.79 Å². The van der Waals surface area contributed by atoms with Crippen molar-refractivity contribution in [2.45, 2.75) is 12.5 Å². The highest BCUT2D eigenvalue weighted by Crippen LogP contribution is 2.19. The van der Waals surface area contributed by atoms with E-state index in [0.717, 1.165) is 23.2 Å². The van der Waals surface area contributed by atoms with Crippen LogP contribution in [0.3, 0.4) is 0 Å². The average Bonchev–Trinajstić information content (AvgIpc) is 2.87. The van der Waals surface area contributed by atoms with Crippen molar-refractivity contribution in [2.24, 2.45) is 0 Å². The summed E-state index contributed by atoms with van der Waals surface area (Å²) in [5, 5.41) is 6.12. The van der Waals surface area contributed by atoms with Crippen molar-refractivity contribution in [3.05, 3.63) is 41.5 Å². The van der Waals surface area contributed by atoms with Crippen molar-refractivity contribution in [2.75, 3.05) is 6.54 Å². The molecule has 0 fully saturated rings. The number of hydrogen-bond acceptors (Lipinski definition) is 4. The predicted molar refractivity (Wildman–Crippen MR) is 72.6 cm³/mol. The van der Waals surface area contributed by atoms with E-state index in [1.807, 2.05) is 30.5 Å². The SMILES string of the molecule is O=C(NC1C=CNCC1)c1ccc2ncsc2c1. The summed E-state index contributed by atoms with van der Waals surface area (Å²) in [4.78, 5) is 16.3. The Bertz CT molecular complexity index is 605. The molecule has 2 aromatic rings. The lowest BCUT2D eigenvalue weighted by molar-refractivity contribution is 0.0942. The molecule has 4 nitrogen and oxygen atoms in total. The quantitative estimate of drug-likeness (QED) is 0.866. The number of aromatic nitrogens is 1. The number of hydrogen-bond donors (Lipinski definition) is 2. The fourth-order valence-electron chi connectivity index (χ4n) is 1.97. The van der Waals surface area contributed by atoms with Crippen LogP contribution in [0.15, 0.2) is 36.0 Å². The Morgan fingerprint density at radius 3 is 3.28 bits per heavy atom. The van der Waals surface area contributed by atoms with Gasteiger partial charge in [-0.1, -0.05) is 0 Å². The van der Waals surface area contributed by atoms with Gasteiger partial charge in [-0.25, -0.2) is 4.98 Å². The molecule has 1 unspecified atom stereocenters. The summed E-state index contributed by atoms with van der Waals surface area (Å²) >= 11 is 1.55. The monoisotopic (exact) mass is 259 g/mol. The number of benzene rings is 1. The first-order valence-corrected chi connectivity index (χ1v) is 6.75. The Morgan fingerprint density at radius 1 is 1.50 bits per heavy atom. The number of thiazole rings is 1. The molecule has 1 aliphatic rings. The maximum atomic E-state index is 12.1. The Kier molecular flexibility index (Phi) is 2.98. The Hall–Kier alpha value is -1.88. The fourth-order valence-corrected chi connectivity index (χ4v) is 2.69. The number of rotatable bonds is 2. The molecular formula is C13H13N3OS. The molecule has 0 saturated carbocycles. The molecule has 0 spiro atoms. The van der Waals surface area contributed by atoms with Gasteiger partial charge in [0.15, 0.2) is 0 Å². The third-order valence-corrected chi connectivity index (χ3v) is 3.75. The molecule has 0 aliphatic carbocycles. The first-order valence-electron chi connectivity index (χ1n) is 5.87. The number of nitrogens with one attached hydrogen (secondary N) is 2. The second-order valence-electron chi connectivity index (χ2n) is 4.22. The van der Waals surface area contributed by atoms with Gasteiger partial charge in [-0.2, -0.15) is 0 Å². The largest absolute Gasteiger partial charge is 0.391 e. The van der Waals surface area contributed by atoms with Crippen LogP contribution in [0.4, 0.5) is 0 Å². The van der Waals surface area contributed by atoms with E-state index >= 15 is 0 Å². The van der Waals surface area contributed by atoms with Crippen LogP contribution >= 0.6 is 11.3 Å². The van der Waals surface area contributed by atoms with E-state index in [2.05, 4.69) is 15.6 Å². The minimum atomic E-state index is -0.0261. The molecule has 1 aromatic carbocycles. The smallest absolute Gasteiger partial charge is 0.251 e. The summed E-state index contributed by atoms with van der Waals surface area (Å²) < 4.78 is 1.04. The molecule has 0 bridgehead atoms. The molecule has 2 heterocycles. The van der Waals surface area contributed by atoms with Crippen molar-refractivity contribution in [1.29, 1.82) is 0 Å². The van der Waals surface area contributed by atoms with Crippen LogP contribution in [0.2, 0.25) is 0 Å². The van der Waals surface area contributed by atoms with Crippen LogP contribution < -0.4 is 10.6 Å². The van der Waals surface area contributed by atoms with Crippen LogP contribution in [0.25, 0.3) is 10.2 Å². The van der Waals surface area contributed by atoms with Crippen LogP contribution in [0.1, 0.15) is 16.8 Å². The zero-order valence-electron chi connectivity index (χ0n) is 9.72. The summed E-state index contributed by atoms with van der Waals surface area (Å²) in [5.41, 5.74) is 3.43. The molecule has 3 rings (SSSR count). The molecule has 5 heteroatoms. The van der Waals surface area contributed by atoms with E-state index < -0.39 is 0 Å². The molecule has 18 heavy (non-hydrogen) atoms. The highest BCUT2D eigenvalue weighted by atomic mass is 32.1. The summed E-state index contributed by atoms with van der Waals surface area (Å²) in [6, 6.07) is 5.73. The summed E-state index contributed by atoms with van der Waals surface area (Å²) in [5.74, 6) is -0.0261. The topological polar surface area (TPSA) is 54.0 Å². The van der Waals surface area contributed by atoms with Crippen molar-refractivity contribution in [3.8, 4) is 0 Å². The van der Waals surface area contributed by atoms with Crippen molar-refractivity contribution >= 4 is 27.5 Å². The van der Waals surface area contributed by atoms with E-state index in [1.54, 1.807) is 16.8 Å². The Morgan fingerprint density at radius 2 is 2.44 bits per heavy atom. The average molecular weight is 259 g/mol. The van der Waals surface area contributed by atoms with Crippen LogP contribution in [0.5, 0.6) is 0 Å². The van der Waals surface area contributed by atoms with Crippen LogP contribution in [-0.4, -0.2) is 23.5 Å². The van der Waals surface area contributed by atoms with E-state index in [-0.39, 0.29) is 11.9 Å². The van der Waals surface area contributed by atoms with Gasteiger partial charge in [0.25, 0.3) is 5.91 Å². The van der Waals surface area contributed by atoms with Gasteiger partial charge in [-0.15, -0.1) is 11.3 Å².